The van der Waals surface area contributed by atoms with Crippen molar-refractivity contribution in [2.24, 2.45) is 22.7 Å². The first-order valence-corrected chi connectivity index (χ1v) is 7.35. The lowest BCUT2D eigenvalue weighted by Gasteiger charge is -2.09. The third-order valence-electron chi connectivity index (χ3n) is 5.31. The molecular formula is C15H28N2O3. The Balaban J connectivity index is 2.12. The Hall–Kier alpha value is -1.26. The Labute approximate surface area is 121 Å². The molecule has 1 aliphatic rings. The van der Waals surface area contributed by atoms with Crippen molar-refractivity contribution < 1.29 is 14.7 Å². The minimum Gasteiger partial charge on any atom is -0.481 e. The van der Waals surface area contributed by atoms with E-state index >= 15 is 0 Å². The van der Waals surface area contributed by atoms with E-state index in [0.717, 1.165) is 0 Å². The molecule has 0 saturated heterocycles. The van der Waals surface area contributed by atoms with Crippen LogP contribution in [0.5, 0.6) is 0 Å². The SMILES string of the molecule is CC(CCCNC(=O)NCC1C(C)(C)C1(C)C)C(=O)O. The van der Waals surface area contributed by atoms with Gasteiger partial charge in [0.25, 0.3) is 0 Å². The number of hydrogen-bond acceptors (Lipinski definition) is 2. The number of urea groups is 1. The average Bonchev–Trinajstić information content (AvgIpc) is 2.72. The molecule has 0 spiro atoms. The van der Waals surface area contributed by atoms with Gasteiger partial charge >= 0.3 is 12.0 Å². The van der Waals surface area contributed by atoms with E-state index in [1.54, 1.807) is 6.92 Å². The van der Waals surface area contributed by atoms with E-state index in [-0.39, 0.29) is 22.8 Å². The van der Waals surface area contributed by atoms with Crippen LogP contribution in [0.4, 0.5) is 4.79 Å². The third-order valence-corrected chi connectivity index (χ3v) is 5.31. The van der Waals surface area contributed by atoms with E-state index in [0.29, 0.717) is 31.8 Å². The number of carbonyl (C=O) groups excluding carboxylic acids is 1. The molecule has 0 radical (unpaired) electrons. The number of carbonyl (C=O) groups is 2. The van der Waals surface area contributed by atoms with E-state index in [9.17, 15) is 9.59 Å². The van der Waals surface area contributed by atoms with Crippen LogP contribution in [0.1, 0.15) is 47.5 Å². The Kier molecular flexibility index (Phi) is 5.05. The number of aliphatic carboxylic acids is 1. The lowest BCUT2D eigenvalue weighted by molar-refractivity contribution is -0.141. The van der Waals surface area contributed by atoms with E-state index in [1.165, 1.54) is 0 Å². The smallest absolute Gasteiger partial charge is 0.314 e. The molecule has 0 bridgehead atoms. The monoisotopic (exact) mass is 284 g/mol. The first-order valence-electron chi connectivity index (χ1n) is 7.35. The van der Waals surface area contributed by atoms with Crippen LogP contribution >= 0.6 is 0 Å². The van der Waals surface area contributed by atoms with Gasteiger partial charge in [-0.05, 0) is 29.6 Å². The van der Waals surface area contributed by atoms with Crippen molar-refractivity contribution in [1.29, 1.82) is 0 Å². The summed E-state index contributed by atoms with van der Waals surface area (Å²) in [6.07, 6.45) is 1.26. The second kappa shape index (κ2) is 6.02. The summed E-state index contributed by atoms with van der Waals surface area (Å²) in [6, 6.07) is -0.161. The molecule has 1 atom stereocenters. The molecule has 1 saturated carbocycles. The number of rotatable bonds is 7. The van der Waals surface area contributed by atoms with Gasteiger partial charge in [-0.2, -0.15) is 0 Å². The van der Waals surface area contributed by atoms with E-state index < -0.39 is 5.97 Å². The van der Waals surface area contributed by atoms with Crippen molar-refractivity contribution >= 4 is 12.0 Å². The average molecular weight is 284 g/mol. The van der Waals surface area contributed by atoms with Gasteiger partial charge in [0.1, 0.15) is 0 Å². The molecule has 20 heavy (non-hydrogen) atoms. The molecule has 5 nitrogen and oxygen atoms in total. The molecule has 3 N–H and O–H groups in total. The molecule has 1 fully saturated rings. The van der Waals surface area contributed by atoms with E-state index in [2.05, 4.69) is 38.3 Å². The number of nitrogens with one attached hydrogen (secondary N) is 2. The van der Waals surface area contributed by atoms with Gasteiger partial charge in [0.05, 0.1) is 5.92 Å². The van der Waals surface area contributed by atoms with Gasteiger partial charge < -0.3 is 15.7 Å². The standard InChI is InChI=1S/C15H28N2O3/c1-10(12(18)19)7-6-8-16-13(20)17-9-11-14(2,3)15(11,4)5/h10-11H,6-9H2,1-5H3,(H,18,19)(H2,16,17,20). The predicted molar refractivity (Wildman–Crippen MR) is 78.5 cm³/mol. The third kappa shape index (κ3) is 3.64. The molecule has 0 aromatic rings. The molecule has 1 aliphatic carbocycles. The van der Waals surface area contributed by atoms with Crippen molar-refractivity contribution in [2.75, 3.05) is 13.1 Å². The highest BCUT2D eigenvalue weighted by atomic mass is 16.4. The van der Waals surface area contributed by atoms with Gasteiger partial charge in [0, 0.05) is 13.1 Å². The summed E-state index contributed by atoms with van der Waals surface area (Å²) >= 11 is 0. The summed E-state index contributed by atoms with van der Waals surface area (Å²) in [5.74, 6) is -0.631. The Bertz CT molecular complexity index is 363. The number of carboxylic acids is 1. The second-order valence-electron chi connectivity index (χ2n) is 7.01. The summed E-state index contributed by atoms with van der Waals surface area (Å²) in [4.78, 5) is 22.3. The zero-order valence-corrected chi connectivity index (χ0v) is 13.2. The zero-order valence-electron chi connectivity index (χ0n) is 13.2. The lowest BCUT2D eigenvalue weighted by Crippen LogP contribution is -2.37. The van der Waals surface area contributed by atoms with Crippen LogP contribution in [0, 0.1) is 22.7 Å². The predicted octanol–water partition coefficient (Wildman–Crippen LogP) is 2.47. The molecule has 5 heteroatoms. The summed E-state index contributed by atoms with van der Waals surface area (Å²) < 4.78 is 0. The summed E-state index contributed by atoms with van der Waals surface area (Å²) in [6.45, 7) is 11.8. The van der Waals surface area contributed by atoms with Crippen LogP contribution in [0.25, 0.3) is 0 Å². The minimum atomic E-state index is -0.785. The number of amides is 2. The quantitative estimate of drug-likeness (QED) is 0.628. The fraction of sp³-hybridized carbons (Fsp3) is 0.867. The maximum atomic E-state index is 11.6. The van der Waals surface area contributed by atoms with Crippen LogP contribution in [-0.2, 0) is 4.79 Å². The topological polar surface area (TPSA) is 78.4 Å². The highest BCUT2D eigenvalue weighted by molar-refractivity contribution is 5.73. The first-order chi connectivity index (χ1) is 9.10. The Morgan fingerprint density at radius 3 is 2.15 bits per heavy atom. The fourth-order valence-corrected chi connectivity index (χ4v) is 2.83. The fourth-order valence-electron chi connectivity index (χ4n) is 2.83. The molecule has 0 aromatic heterocycles. The van der Waals surface area contributed by atoms with Crippen molar-refractivity contribution in [1.82, 2.24) is 10.6 Å². The van der Waals surface area contributed by atoms with Crippen LogP contribution in [-0.4, -0.2) is 30.2 Å². The van der Waals surface area contributed by atoms with Crippen LogP contribution in [0.15, 0.2) is 0 Å². The molecule has 116 valence electrons. The van der Waals surface area contributed by atoms with Gasteiger partial charge in [-0.25, -0.2) is 4.79 Å². The van der Waals surface area contributed by atoms with Crippen LogP contribution in [0.3, 0.4) is 0 Å². The molecule has 0 aliphatic heterocycles. The number of carboxylic acid groups (broad SMARTS) is 1. The Morgan fingerprint density at radius 2 is 1.70 bits per heavy atom. The first kappa shape index (κ1) is 16.8. The van der Waals surface area contributed by atoms with Crippen molar-refractivity contribution in [3.05, 3.63) is 0 Å². The minimum absolute atomic E-state index is 0.161. The largest absolute Gasteiger partial charge is 0.481 e. The molecule has 1 rings (SSSR count). The van der Waals surface area contributed by atoms with E-state index in [4.69, 9.17) is 5.11 Å². The van der Waals surface area contributed by atoms with Crippen molar-refractivity contribution in [2.45, 2.75) is 47.5 Å². The molecule has 0 aromatic carbocycles. The van der Waals surface area contributed by atoms with Gasteiger partial charge in [0.2, 0.25) is 0 Å². The van der Waals surface area contributed by atoms with Gasteiger partial charge in [-0.1, -0.05) is 34.6 Å². The lowest BCUT2D eigenvalue weighted by atomic mass is 10.0. The highest BCUT2D eigenvalue weighted by Crippen LogP contribution is 2.67. The summed E-state index contributed by atoms with van der Waals surface area (Å²) in [7, 11) is 0. The molecular weight excluding hydrogens is 256 g/mol. The number of hydrogen-bond donors (Lipinski definition) is 3. The van der Waals surface area contributed by atoms with Crippen molar-refractivity contribution in [3.63, 3.8) is 0 Å². The van der Waals surface area contributed by atoms with Gasteiger partial charge in [0.15, 0.2) is 0 Å². The maximum Gasteiger partial charge on any atom is 0.314 e. The summed E-state index contributed by atoms with van der Waals surface area (Å²) in [5.41, 5.74) is 0.550. The molecule has 1 unspecified atom stereocenters. The summed E-state index contributed by atoms with van der Waals surface area (Å²) in [5, 5.41) is 14.4. The van der Waals surface area contributed by atoms with Crippen molar-refractivity contribution in [3.8, 4) is 0 Å². The normalized spacial score (nSPS) is 21.1. The highest BCUT2D eigenvalue weighted by Gasteiger charge is 2.64. The van der Waals surface area contributed by atoms with Crippen LogP contribution < -0.4 is 10.6 Å². The van der Waals surface area contributed by atoms with Gasteiger partial charge in [-0.3, -0.25) is 4.79 Å². The zero-order chi connectivity index (χ0) is 15.6. The second-order valence-corrected chi connectivity index (χ2v) is 7.01. The van der Waals surface area contributed by atoms with E-state index in [1.807, 2.05) is 0 Å². The molecule has 2 amide bonds. The maximum absolute atomic E-state index is 11.6. The molecule has 0 heterocycles. The van der Waals surface area contributed by atoms with Gasteiger partial charge in [-0.15, -0.1) is 0 Å². The van der Waals surface area contributed by atoms with Crippen LogP contribution in [0.2, 0.25) is 0 Å². The Morgan fingerprint density at radius 1 is 1.15 bits per heavy atom.